The van der Waals surface area contributed by atoms with Crippen LogP contribution in [0.5, 0.6) is 0 Å². The molecule has 1 aliphatic rings. The van der Waals surface area contributed by atoms with Gasteiger partial charge in [0.05, 0.1) is 6.04 Å². The Morgan fingerprint density at radius 2 is 1.93 bits per heavy atom. The number of nitrogens with one attached hydrogen (secondary N) is 1. The molecule has 1 unspecified atom stereocenters. The van der Waals surface area contributed by atoms with E-state index in [4.69, 9.17) is 4.42 Å². The molecule has 6 nitrogen and oxygen atoms in total. The summed E-state index contributed by atoms with van der Waals surface area (Å²) in [6, 6.07) is 12.9. The van der Waals surface area contributed by atoms with Crippen molar-refractivity contribution in [2.45, 2.75) is 19.4 Å². The van der Waals surface area contributed by atoms with Gasteiger partial charge in [-0.3, -0.25) is 9.59 Å². The number of fused-ring (bicyclic) bond motifs is 1. The molecule has 142 valence electrons. The maximum absolute atomic E-state index is 13.2. The van der Waals surface area contributed by atoms with Crippen molar-refractivity contribution in [1.82, 2.24) is 10.3 Å². The van der Waals surface area contributed by atoms with Crippen LogP contribution < -0.4 is 10.2 Å². The molecule has 28 heavy (non-hydrogen) atoms. The van der Waals surface area contributed by atoms with Gasteiger partial charge in [-0.05, 0) is 42.3 Å². The zero-order valence-corrected chi connectivity index (χ0v) is 15.2. The summed E-state index contributed by atoms with van der Waals surface area (Å²) in [5, 5.41) is 2.99. The third-order valence-corrected chi connectivity index (χ3v) is 4.82. The van der Waals surface area contributed by atoms with E-state index >= 15 is 0 Å². The molecule has 2 amide bonds. The lowest BCUT2D eigenvalue weighted by atomic mass is 9.96. The van der Waals surface area contributed by atoms with Gasteiger partial charge in [0.2, 0.25) is 5.91 Å². The molecule has 0 saturated heterocycles. The summed E-state index contributed by atoms with van der Waals surface area (Å²) in [4.78, 5) is 30.5. The van der Waals surface area contributed by atoms with Gasteiger partial charge in [-0.15, -0.1) is 0 Å². The Morgan fingerprint density at radius 1 is 1.18 bits per heavy atom. The van der Waals surface area contributed by atoms with Crippen molar-refractivity contribution < 1.29 is 18.4 Å². The van der Waals surface area contributed by atoms with Gasteiger partial charge in [-0.2, -0.15) is 0 Å². The van der Waals surface area contributed by atoms with Gasteiger partial charge in [0.25, 0.3) is 5.91 Å². The number of anilines is 1. The second kappa shape index (κ2) is 7.26. The molecule has 1 aromatic heterocycles. The zero-order chi connectivity index (χ0) is 19.7. The first-order valence-corrected chi connectivity index (χ1v) is 8.92. The normalized spacial score (nSPS) is 15.8. The third kappa shape index (κ3) is 3.26. The smallest absolute Gasteiger partial charge is 0.274 e. The van der Waals surface area contributed by atoms with Crippen molar-refractivity contribution in [2.24, 2.45) is 0 Å². The molecule has 2 heterocycles. The summed E-state index contributed by atoms with van der Waals surface area (Å²) >= 11 is 0. The highest BCUT2D eigenvalue weighted by Crippen LogP contribution is 2.34. The summed E-state index contributed by atoms with van der Waals surface area (Å²) in [6.45, 7) is 2.04. The second-order valence-corrected chi connectivity index (χ2v) is 6.58. The topological polar surface area (TPSA) is 75.4 Å². The summed E-state index contributed by atoms with van der Waals surface area (Å²) < 4.78 is 18.5. The van der Waals surface area contributed by atoms with E-state index in [0.717, 1.165) is 11.3 Å². The highest BCUT2D eigenvalue weighted by Gasteiger charge is 2.29. The van der Waals surface area contributed by atoms with Gasteiger partial charge in [-0.25, -0.2) is 9.37 Å². The first-order valence-electron chi connectivity index (χ1n) is 8.92. The number of carbonyl (C=O) groups is 2. The van der Waals surface area contributed by atoms with Crippen molar-refractivity contribution in [3.63, 3.8) is 0 Å². The van der Waals surface area contributed by atoms with Crippen LogP contribution in [0.1, 0.15) is 35.4 Å². The minimum atomic E-state index is -0.385. The molecule has 4 rings (SSSR count). The lowest BCUT2D eigenvalue weighted by molar-refractivity contribution is -0.116. The van der Waals surface area contributed by atoms with Crippen LogP contribution in [-0.4, -0.2) is 23.3 Å². The quantitative estimate of drug-likeness (QED) is 0.753. The van der Waals surface area contributed by atoms with Crippen LogP contribution in [0.3, 0.4) is 0 Å². The van der Waals surface area contributed by atoms with Crippen LogP contribution in [-0.2, 0) is 4.79 Å². The number of carbonyl (C=O) groups excluding carboxylic acids is 2. The highest BCUT2D eigenvalue weighted by molar-refractivity contribution is 5.98. The molecular formula is C21H18FN3O3. The average Bonchev–Trinajstić information content (AvgIpc) is 3.18. The van der Waals surface area contributed by atoms with E-state index in [-0.39, 0.29) is 35.1 Å². The van der Waals surface area contributed by atoms with Crippen molar-refractivity contribution in [3.05, 3.63) is 72.0 Å². The predicted octanol–water partition coefficient (Wildman–Crippen LogP) is 3.71. The zero-order valence-electron chi connectivity index (χ0n) is 15.2. The van der Waals surface area contributed by atoms with Crippen molar-refractivity contribution >= 4 is 17.5 Å². The second-order valence-electron chi connectivity index (χ2n) is 6.58. The van der Waals surface area contributed by atoms with Crippen molar-refractivity contribution in [1.29, 1.82) is 0 Å². The fraction of sp³-hybridized carbons (Fsp3) is 0.190. The van der Waals surface area contributed by atoms with E-state index in [9.17, 15) is 14.0 Å². The Balaban J connectivity index is 1.60. The van der Waals surface area contributed by atoms with Crippen LogP contribution in [0.4, 0.5) is 10.1 Å². The van der Waals surface area contributed by atoms with E-state index in [1.165, 1.54) is 37.6 Å². The Bertz CT molecular complexity index is 1030. The number of para-hydroxylation sites is 1. The maximum Gasteiger partial charge on any atom is 0.274 e. The Labute approximate surface area is 161 Å². The van der Waals surface area contributed by atoms with Gasteiger partial charge >= 0.3 is 0 Å². The maximum atomic E-state index is 13.2. The molecule has 2 aromatic carbocycles. The molecule has 0 saturated carbocycles. The fourth-order valence-corrected chi connectivity index (χ4v) is 3.48. The van der Waals surface area contributed by atoms with Gasteiger partial charge in [0, 0.05) is 24.7 Å². The van der Waals surface area contributed by atoms with Crippen LogP contribution >= 0.6 is 0 Å². The lowest BCUT2D eigenvalue weighted by Gasteiger charge is -2.34. The Hall–Kier alpha value is -3.48. The van der Waals surface area contributed by atoms with E-state index in [2.05, 4.69) is 10.3 Å². The molecule has 0 aliphatic carbocycles. The molecule has 1 N–H and O–H groups in total. The number of amides is 2. The minimum absolute atomic E-state index is 0.0349. The van der Waals surface area contributed by atoms with Gasteiger partial charge < -0.3 is 14.6 Å². The third-order valence-electron chi connectivity index (χ3n) is 4.82. The number of benzene rings is 2. The van der Waals surface area contributed by atoms with Crippen molar-refractivity contribution in [3.8, 4) is 11.3 Å². The Morgan fingerprint density at radius 3 is 2.68 bits per heavy atom. The summed E-state index contributed by atoms with van der Waals surface area (Å²) in [6.07, 6.45) is 1.78. The summed E-state index contributed by atoms with van der Waals surface area (Å²) in [5.74, 6) is -0.508. The van der Waals surface area contributed by atoms with Crippen molar-refractivity contribution in [2.75, 3.05) is 11.4 Å². The lowest BCUT2D eigenvalue weighted by Crippen LogP contribution is -2.40. The number of hydrogen-bond acceptors (Lipinski definition) is 4. The largest absolute Gasteiger partial charge is 0.443 e. The summed E-state index contributed by atoms with van der Waals surface area (Å²) in [7, 11) is 0. The highest BCUT2D eigenvalue weighted by atomic mass is 19.1. The molecule has 1 atom stereocenters. The number of rotatable bonds is 3. The molecule has 0 radical (unpaired) electrons. The first-order chi connectivity index (χ1) is 13.5. The number of hydrogen-bond donors (Lipinski definition) is 1. The molecule has 7 heteroatoms. The molecule has 3 aromatic rings. The van der Waals surface area contributed by atoms with Crippen LogP contribution in [0.25, 0.3) is 11.3 Å². The standard InChI is InChI=1S/C21H18FN3O3/c1-13(26)25-11-10-17(16-4-2-3-5-18(16)25)24-21(27)19-20(28-12-23-19)14-6-8-15(22)9-7-14/h2-9,12,17H,10-11H2,1H3,(H,24,27). The minimum Gasteiger partial charge on any atom is -0.443 e. The first kappa shape index (κ1) is 17.9. The molecule has 1 aliphatic heterocycles. The van der Waals surface area contributed by atoms with Gasteiger partial charge in [-0.1, -0.05) is 18.2 Å². The monoisotopic (exact) mass is 379 g/mol. The number of nitrogens with zero attached hydrogens (tertiary/aromatic N) is 2. The SMILES string of the molecule is CC(=O)N1CCC(NC(=O)c2ncoc2-c2ccc(F)cc2)c2ccccc21. The molecule has 0 spiro atoms. The average molecular weight is 379 g/mol. The predicted molar refractivity (Wildman–Crippen MR) is 101 cm³/mol. The summed E-state index contributed by atoms with van der Waals surface area (Å²) in [5.41, 5.74) is 2.38. The number of aromatic nitrogens is 1. The van der Waals surface area contributed by atoms with Crippen LogP contribution in [0.2, 0.25) is 0 Å². The number of halogens is 1. The van der Waals surface area contributed by atoms with E-state index in [0.29, 0.717) is 18.5 Å². The Kier molecular flexibility index (Phi) is 4.65. The van der Waals surface area contributed by atoms with E-state index in [1.807, 2.05) is 24.3 Å². The number of oxazole rings is 1. The van der Waals surface area contributed by atoms with Crippen LogP contribution in [0.15, 0.2) is 59.3 Å². The fourth-order valence-electron chi connectivity index (χ4n) is 3.48. The molecule has 0 fully saturated rings. The molecule has 0 bridgehead atoms. The van der Waals surface area contributed by atoms with Gasteiger partial charge in [0.15, 0.2) is 17.8 Å². The van der Waals surface area contributed by atoms with Crippen LogP contribution in [0, 0.1) is 5.82 Å². The molecular weight excluding hydrogens is 361 g/mol. The van der Waals surface area contributed by atoms with Gasteiger partial charge in [0.1, 0.15) is 5.82 Å². The van der Waals surface area contributed by atoms with E-state index in [1.54, 1.807) is 4.90 Å². The van der Waals surface area contributed by atoms with E-state index < -0.39 is 0 Å².